The standard InChI is InChI=1S/C24H23N3O5/c1-24(2,22(28)29)32-21-11-9-17(15-25-21)16-8-10-19-20(14-16)31-13-12-27(19)23(30)26-18-6-4-3-5-7-18/h3-11,14-15H,12-13H2,1-2H3,(H,26,30)(H,28,29). The summed E-state index contributed by atoms with van der Waals surface area (Å²) in [6.07, 6.45) is 1.61. The number of ether oxygens (including phenoxy) is 2. The minimum atomic E-state index is -1.38. The lowest BCUT2D eigenvalue weighted by atomic mass is 10.1. The van der Waals surface area contributed by atoms with E-state index in [4.69, 9.17) is 9.47 Å². The van der Waals surface area contributed by atoms with Crippen LogP contribution in [0.25, 0.3) is 11.1 Å². The van der Waals surface area contributed by atoms with Crippen molar-refractivity contribution >= 4 is 23.4 Å². The monoisotopic (exact) mass is 433 g/mol. The summed E-state index contributed by atoms with van der Waals surface area (Å²) in [5.74, 6) is -0.250. The number of carbonyl (C=O) groups is 2. The molecule has 0 saturated carbocycles. The molecule has 0 aliphatic carbocycles. The SMILES string of the molecule is CC(C)(Oc1ccc(-c2ccc3c(c2)OCCN3C(=O)Nc2ccccc2)cn1)C(=O)O. The van der Waals surface area contributed by atoms with Gasteiger partial charge in [0.05, 0.1) is 12.2 Å². The summed E-state index contributed by atoms with van der Waals surface area (Å²) in [6, 6.07) is 18.1. The second-order valence-electron chi connectivity index (χ2n) is 7.78. The molecule has 2 heterocycles. The Morgan fingerprint density at radius 2 is 1.84 bits per heavy atom. The molecule has 0 bridgehead atoms. The highest BCUT2D eigenvalue weighted by Gasteiger charge is 2.30. The van der Waals surface area contributed by atoms with Gasteiger partial charge in [-0.05, 0) is 49.7 Å². The lowest BCUT2D eigenvalue weighted by Crippen LogP contribution is -2.40. The number of carbonyl (C=O) groups excluding carboxylic acids is 1. The largest absolute Gasteiger partial charge is 0.490 e. The number of carboxylic acid groups (broad SMARTS) is 1. The molecule has 0 saturated heterocycles. The molecule has 4 rings (SSSR count). The first-order chi connectivity index (χ1) is 15.3. The summed E-state index contributed by atoms with van der Waals surface area (Å²) < 4.78 is 11.2. The quantitative estimate of drug-likeness (QED) is 0.618. The maximum atomic E-state index is 12.8. The number of aromatic nitrogens is 1. The van der Waals surface area contributed by atoms with Crippen LogP contribution in [0.2, 0.25) is 0 Å². The Bertz CT molecular complexity index is 1130. The summed E-state index contributed by atoms with van der Waals surface area (Å²) in [6.45, 7) is 3.75. The Labute approximate surface area is 185 Å². The molecule has 2 aromatic carbocycles. The first-order valence-corrected chi connectivity index (χ1v) is 10.1. The van der Waals surface area contributed by atoms with Crippen molar-refractivity contribution in [3.8, 4) is 22.8 Å². The predicted octanol–water partition coefficient (Wildman–Crippen LogP) is 4.42. The molecular formula is C24H23N3O5. The Kier molecular flexibility index (Phi) is 5.68. The molecule has 2 amide bonds. The molecule has 8 nitrogen and oxygen atoms in total. The van der Waals surface area contributed by atoms with E-state index in [1.54, 1.807) is 23.2 Å². The highest BCUT2D eigenvalue weighted by Crippen LogP contribution is 2.36. The minimum Gasteiger partial charge on any atom is -0.490 e. The number of pyridine rings is 1. The smallest absolute Gasteiger partial charge is 0.347 e. The average molecular weight is 433 g/mol. The van der Waals surface area contributed by atoms with Gasteiger partial charge in [0.15, 0.2) is 0 Å². The number of rotatable bonds is 5. The van der Waals surface area contributed by atoms with Crippen molar-refractivity contribution in [1.82, 2.24) is 4.98 Å². The third-order valence-electron chi connectivity index (χ3n) is 5.04. The molecule has 0 atom stereocenters. The number of para-hydroxylation sites is 1. The maximum absolute atomic E-state index is 12.8. The summed E-state index contributed by atoms with van der Waals surface area (Å²) in [4.78, 5) is 29.9. The number of carboxylic acids is 1. The van der Waals surface area contributed by atoms with E-state index in [9.17, 15) is 14.7 Å². The van der Waals surface area contributed by atoms with Gasteiger partial charge in [-0.15, -0.1) is 0 Å². The molecule has 0 fully saturated rings. The predicted molar refractivity (Wildman–Crippen MR) is 120 cm³/mol. The fraction of sp³-hybridized carbons (Fsp3) is 0.208. The number of amides is 2. The van der Waals surface area contributed by atoms with Crippen LogP contribution in [-0.2, 0) is 4.79 Å². The van der Waals surface area contributed by atoms with Gasteiger partial charge in [-0.2, -0.15) is 0 Å². The van der Waals surface area contributed by atoms with E-state index in [0.29, 0.717) is 24.6 Å². The van der Waals surface area contributed by atoms with E-state index in [1.807, 2.05) is 48.5 Å². The molecule has 0 unspecified atom stereocenters. The number of nitrogens with one attached hydrogen (secondary N) is 1. The number of fused-ring (bicyclic) bond motifs is 1. The van der Waals surface area contributed by atoms with Crippen LogP contribution in [0.1, 0.15) is 13.8 Å². The van der Waals surface area contributed by atoms with Crippen molar-refractivity contribution in [3.63, 3.8) is 0 Å². The average Bonchev–Trinajstić information content (AvgIpc) is 2.79. The van der Waals surface area contributed by atoms with E-state index >= 15 is 0 Å². The number of anilines is 2. The van der Waals surface area contributed by atoms with Gasteiger partial charge in [0.25, 0.3) is 0 Å². The van der Waals surface area contributed by atoms with Crippen LogP contribution in [0.4, 0.5) is 16.2 Å². The molecule has 32 heavy (non-hydrogen) atoms. The molecule has 3 aromatic rings. The molecular weight excluding hydrogens is 410 g/mol. The third kappa shape index (κ3) is 4.49. The maximum Gasteiger partial charge on any atom is 0.347 e. The van der Waals surface area contributed by atoms with Gasteiger partial charge >= 0.3 is 12.0 Å². The molecule has 1 aliphatic heterocycles. The van der Waals surface area contributed by atoms with E-state index in [1.165, 1.54) is 13.8 Å². The van der Waals surface area contributed by atoms with Crippen LogP contribution in [-0.4, -0.2) is 40.8 Å². The minimum absolute atomic E-state index is 0.221. The third-order valence-corrected chi connectivity index (χ3v) is 5.04. The van der Waals surface area contributed by atoms with Crippen molar-refractivity contribution < 1.29 is 24.2 Å². The zero-order chi connectivity index (χ0) is 22.7. The Balaban J connectivity index is 1.52. The van der Waals surface area contributed by atoms with Gasteiger partial charge < -0.3 is 19.9 Å². The lowest BCUT2D eigenvalue weighted by molar-refractivity contribution is -0.152. The van der Waals surface area contributed by atoms with Crippen LogP contribution in [0.3, 0.4) is 0 Å². The fourth-order valence-electron chi connectivity index (χ4n) is 3.24. The van der Waals surface area contributed by atoms with Crippen molar-refractivity contribution in [2.45, 2.75) is 19.4 Å². The van der Waals surface area contributed by atoms with E-state index in [2.05, 4.69) is 10.3 Å². The van der Waals surface area contributed by atoms with Crippen LogP contribution >= 0.6 is 0 Å². The molecule has 0 radical (unpaired) electrons. The molecule has 8 heteroatoms. The number of aliphatic carboxylic acids is 1. The fourth-order valence-corrected chi connectivity index (χ4v) is 3.24. The van der Waals surface area contributed by atoms with E-state index in [-0.39, 0.29) is 11.9 Å². The highest BCUT2D eigenvalue weighted by atomic mass is 16.5. The van der Waals surface area contributed by atoms with Crippen molar-refractivity contribution in [2.24, 2.45) is 0 Å². The zero-order valence-corrected chi connectivity index (χ0v) is 17.7. The summed E-state index contributed by atoms with van der Waals surface area (Å²) >= 11 is 0. The summed E-state index contributed by atoms with van der Waals surface area (Å²) in [5.41, 5.74) is 1.69. The molecule has 1 aliphatic rings. The molecule has 1 aromatic heterocycles. The molecule has 0 spiro atoms. The number of hydrogen-bond acceptors (Lipinski definition) is 5. The number of hydrogen-bond donors (Lipinski definition) is 2. The first-order valence-electron chi connectivity index (χ1n) is 10.1. The van der Waals surface area contributed by atoms with Crippen molar-refractivity contribution in [3.05, 3.63) is 66.9 Å². The van der Waals surface area contributed by atoms with Gasteiger partial charge in [-0.3, -0.25) is 4.90 Å². The second kappa shape index (κ2) is 8.58. The summed E-state index contributed by atoms with van der Waals surface area (Å²) in [7, 11) is 0. The number of urea groups is 1. The van der Waals surface area contributed by atoms with Crippen molar-refractivity contribution in [1.29, 1.82) is 0 Å². The zero-order valence-electron chi connectivity index (χ0n) is 17.7. The van der Waals surface area contributed by atoms with Gasteiger partial charge in [0.1, 0.15) is 12.4 Å². The lowest BCUT2D eigenvalue weighted by Gasteiger charge is -2.30. The Morgan fingerprint density at radius 1 is 1.09 bits per heavy atom. The van der Waals surface area contributed by atoms with E-state index < -0.39 is 11.6 Å². The van der Waals surface area contributed by atoms with Gasteiger partial charge in [-0.1, -0.05) is 24.3 Å². The first kappa shape index (κ1) is 21.2. The van der Waals surface area contributed by atoms with Crippen LogP contribution in [0, 0.1) is 0 Å². The second-order valence-corrected chi connectivity index (χ2v) is 7.78. The topological polar surface area (TPSA) is 101 Å². The van der Waals surface area contributed by atoms with E-state index in [0.717, 1.165) is 16.8 Å². The van der Waals surface area contributed by atoms with Gasteiger partial charge in [-0.25, -0.2) is 14.6 Å². The Hall–Kier alpha value is -4.07. The number of benzene rings is 2. The van der Waals surface area contributed by atoms with Crippen molar-refractivity contribution in [2.75, 3.05) is 23.4 Å². The van der Waals surface area contributed by atoms with Crippen LogP contribution in [0.15, 0.2) is 66.9 Å². The molecule has 2 N–H and O–H groups in total. The Morgan fingerprint density at radius 3 is 2.53 bits per heavy atom. The van der Waals surface area contributed by atoms with Crippen LogP contribution < -0.4 is 19.7 Å². The normalized spacial score (nSPS) is 13.0. The highest BCUT2D eigenvalue weighted by molar-refractivity contribution is 6.03. The summed E-state index contributed by atoms with van der Waals surface area (Å²) in [5, 5.41) is 12.1. The van der Waals surface area contributed by atoms with Crippen LogP contribution in [0.5, 0.6) is 11.6 Å². The van der Waals surface area contributed by atoms with Gasteiger partial charge in [0, 0.05) is 23.5 Å². The molecule has 164 valence electrons. The number of nitrogens with zero attached hydrogens (tertiary/aromatic N) is 2. The van der Waals surface area contributed by atoms with Gasteiger partial charge in [0.2, 0.25) is 11.5 Å².